The lowest BCUT2D eigenvalue weighted by Crippen LogP contribution is -2.47. The van der Waals surface area contributed by atoms with Gasteiger partial charge in [0.05, 0.1) is 0 Å². The van der Waals surface area contributed by atoms with Crippen molar-refractivity contribution in [3.63, 3.8) is 0 Å². The van der Waals surface area contributed by atoms with Crippen LogP contribution in [-0.2, 0) is 9.59 Å². The molecule has 0 saturated heterocycles. The second-order valence-electron chi connectivity index (χ2n) is 8.74. The summed E-state index contributed by atoms with van der Waals surface area (Å²) in [6.45, 7) is 6.42. The first-order chi connectivity index (χ1) is 10.9. The molecule has 124 valence electrons. The third kappa shape index (κ3) is 1.93. The molecule has 0 aliphatic heterocycles. The topological polar surface area (TPSA) is 34.1 Å². The number of carbonyl (C=O) groups is 2. The lowest BCUT2D eigenvalue weighted by atomic mass is 9.52. The fraction of sp³-hybridized carbons (Fsp3) is 0.714. The Balaban J connectivity index is 1.74. The summed E-state index contributed by atoms with van der Waals surface area (Å²) in [5, 5.41) is 0. The van der Waals surface area contributed by atoms with E-state index in [1.807, 2.05) is 6.08 Å². The minimum atomic E-state index is -0.132. The van der Waals surface area contributed by atoms with Gasteiger partial charge in [0.25, 0.3) is 0 Å². The van der Waals surface area contributed by atoms with Crippen LogP contribution >= 0.6 is 0 Å². The van der Waals surface area contributed by atoms with Crippen LogP contribution < -0.4 is 0 Å². The Bertz CT molecular complexity index is 653. The van der Waals surface area contributed by atoms with Crippen LogP contribution in [0.4, 0.5) is 0 Å². The zero-order valence-corrected chi connectivity index (χ0v) is 14.7. The first kappa shape index (κ1) is 15.4. The number of carbonyl (C=O) groups excluding carboxylic acids is 2. The summed E-state index contributed by atoms with van der Waals surface area (Å²) in [7, 11) is 0. The predicted octanol–water partition coefficient (Wildman–Crippen LogP) is 4.79. The molecule has 4 atom stereocenters. The maximum absolute atomic E-state index is 12.4. The molecule has 0 aromatic carbocycles. The predicted molar refractivity (Wildman–Crippen MR) is 90.9 cm³/mol. The van der Waals surface area contributed by atoms with Gasteiger partial charge in [-0.3, -0.25) is 9.59 Å². The molecule has 0 radical (unpaired) electrons. The van der Waals surface area contributed by atoms with Crippen LogP contribution in [0.5, 0.6) is 0 Å². The van der Waals surface area contributed by atoms with E-state index in [1.165, 1.54) is 24.0 Å². The fourth-order valence-corrected chi connectivity index (χ4v) is 6.38. The smallest absolute Gasteiger partial charge is 0.156 e. The SMILES string of the molecule is CC(=O)[C@@]1(C)CC[C@H]2[C@@H]3CCC4=CC(=O)CCC4=C3CC[C@@]21C. The molecule has 23 heavy (non-hydrogen) atoms. The van der Waals surface area contributed by atoms with Crippen molar-refractivity contribution in [2.24, 2.45) is 22.7 Å². The number of hydrogen-bond donors (Lipinski definition) is 0. The minimum Gasteiger partial charge on any atom is -0.299 e. The van der Waals surface area contributed by atoms with Crippen molar-refractivity contribution in [2.45, 2.75) is 72.1 Å². The Morgan fingerprint density at radius 3 is 2.61 bits per heavy atom. The molecule has 0 N–H and O–H groups in total. The highest BCUT2D eigenvalue weighted by molar-refractivity contribution is 5.93. The molecular formula is C21H28O2. The molecule has 2 fully saturated rings. The first-order valence-electron chi connectivity index (χ1n) is 9.33. The van der Waals surface area contributed by atoms with Gasteiger partial charge in [0.2, 0.25) is 0 Å². The van der Waals surface area contributed by atoms with E-state index in [-0.39, 0.29) is 10.8 Å². The van der Waals surface area contributed by atoms with Gasteiger partial charge in [-0.2, -0.15) is 0 Å². The van der Waals surface area contributed by atoms with E-state index in [2.05, 4.69) is 13.8 Å². The summed E-state index contributed by atoms with van der Waals surface area (Å²) < 4.78 is 0. The molecule has 2 saturated carbocycles. The minimum absolute atomic E-state index is 0.132. The van der Waals surface area contributed by atoms with E-state index in [0.717, 1.165) is 32.1 Å². The number of Topliss-reactive ketones (excluding diaryl/α,β-unsaturated/α-hetero) is 1. The van der Waals surface area contributed by atoms with Gasteiger partial charge in [-0.1, -0.05) is 19.4 Å². The molecule has 0 heterocycles. The molecule has 4 rings (SSSR count). The van der Waals surface area contributed by atoms with E-state index >= 15 is 0 Å². The zero-order chi connectivity index (χ0) is 16.4. The molecule has 0 unspecified atom stereocenters. The molecule has 0 spiro atoms. The number of hydrogen-bond acceptors (Lipinski definition) is 2. The molecule has 0 aromatic rings. The van der Waals surface area contributed by atoms with E-state index in [1.54, 1.807) is 12.5 Å². The maximum atomic E-state index is 12.4. The van der Waals surface area contributed by atoms with Crippen molar-refractivity contribution in [2.75, 3.05) is 0 Å². The average molecular weight is 312 g/mol. The highest BCUT2D eigenvalue weighted by Gasteiger charge is 2.60. The molecule has 4 aliphatic rings. The Kier molecular flexibility index (Phi) is 3.28. The molecular weight excluding hydrogens is 284 g/mol. The van der Waals surface area contributed by atoms with Gasteiger partial charge in [-0.15, -0.1) is 0 Å². The lowest BCUT2D eigenvalue weighted by Gasteiger charge is -2.52. The third-order valence-electron chi connectivity index (χ3n) is 8.11. The highest BCUT2D eigenvalue weighted by Crippen LogP contribution is 2.66. The molecule has 2 nitrogen and oxygen atoms in total. The summed E-state index contributed by atoms with van der Waals surface area (Å²) in [4.78, 5) is 24.1. The van der Waals surface area contributed by atoms with Crippen LogP contribution in [0.1, 0.15) is 72.1 Å². The zero-order valence-electron chi connectivity index (χ0n) is 14.7. The average Bonchev–Trinajstić information content (AvgIpc) is 2.80. The van der Waals surface area contributed by atoms with E-state index < -0.39 is 0 Å². The number of allylic oxidation sites excluding steroid dienone is 4. The number of ketones is 2. The third-order valence-corrected chi connectivity index (χ3v) is 8.11. The van der Waals surface area contributed by atoms with E-state index in [4.69, 9.17) is 0 Å². The normalized spacial score (nSPS) is 42.7. The Hall–Kier alpha value is -1.18. The first-order valence-corrected chi connectivity index (χ1v) is 9.33. The standard InChI is InChI=1S/C21H28O2/c1-13(22)20(2)11-9-19-18-6-4-14-12-15(23)5-7-16(14)17(18)8-10-21(19,20)3/h12,18-19H,4-11H2,1-3H3/t18-,19+,20-,21+/m1/s1. The van der Waals surface area contributed by atoms with Gasteiger partial charge >= 0.3 is 0 Å². The maximum Gasteiger partial charge on any atom is 0.156 e. The van der Waals surface area contributed by atoms with E-state index in [0.29, 0.717) is 29.8 Å². The lowest BCUT2D eigenvalue weighted by molar-refractivity contribution is -0.134. The second kappa shape index (κ2) is 4.91. The van der Waals surface area contributed by atoms with Gasteiger partial charge in [-0.05, 0) is 86.3 Å². The van der Waals surface area contributed by atoms with Crippen LogP contribution in [0.3, 0.4) is 0 Å². The van der Waals surface area contributed by atoms with Crippen LogP contribution in [0.25, 0.3) is 0 Å². The monoisotopic (exact) mass is 312 g/mol. The Morgan fingerprint density at radius 2 is 1.87 bits per heavy atom. The van der Waals surface area contributed by atoms with Crippen molar-refractivity contribution in [3.8, 4) is 0 Å². The Morgan fingerprint density at radius 1 is 1.09 bits per heavy atom. The molecule has 0 aromatic heterocycles. The summed E-state index contributed by atoms with van der Waals surface area (Å²) in [5.41, 5.74) is 4.55. The quantitative estimate of drug-likeness (QED) is 0.697. The second-order valence-corrected chi connectivity index (χ2v) is 8.74. The van der Waals surface area contributed by atoms with Crippen LogP contribution in [0, 0.1) is 22.7 Å². The summed E-state index contributed by atoms with van der Waals surface area (Å²) in [5.74, 6) is 2.02. The Labute approximate surface area is 139 Å². The van der Waals surface area contributed by atoms with Gasteiger partial charge in [0, 0.05) is 11.8 Å². The van der Waals surface area contributed by atoms with E-state index in [9.17, 15) is 9.59 Å². The van der Waals surface area contributed by atoms with Crippen LogP contribution in [-0.4, -0.2) is 11.6 Å². The van der Waals surface area contributed by atoms with Gasteiger partial charge in [0.15, 0.2) is 5.78 Å². The van der Waals surface area contributed by atoms with Crippen molar-refractivity contribution in [1.82, 2.24) is 0 Å². The summed E-state index contributed by atoms with van der Waals surface area (Å²) in [6, 6.07) is 0. The number of fused-ring (bicyclic) bond motifs is 4. The van der Waals surface area contributed by atoms with Crippen LogP contribution in [0.2, 0.25) is 0 Å². The van der Waals surface area contributed by atoms with Crippen molar-refractivity contribution in [3.05, 3.63) is 22.8 Å². The largest absolute Gasteiger partial charge is 0.299 e. The van der Waals surface area contributed by atoms with Gasteiger partial charge in [-0.25, -0.2) is 0 Å². The van der Waals surface area contributed by atoms with Crippen molar-refractivity contribution < 1.29 is 9.59 Å². The summed E-state index contributed by atoms with van der Waals surface area (Å²) >= 11 is 0. The fourth-order valence-electron chi connectivity index (χ4n) is 6.38. The van der Waals surface area contributed by atoms with Gasteiger partial charge < -0.3 is 0 Å². The number of rotatable bonds is 1. The van der Waals surface area contributed by atoms with Crippen molar-refractivity contribution in [1.29, 1.82) is 0 Å². The molecule has 4 aliphatic carbocycles. The molecule has 0 amide bonds. The molecule has 2 heteroatoms. The highest BCUT2D eigenvalue weighted by atomic mass is 16.1. The summed E-state index contributed by atoms with van der Waals surface area (Å²) in [6.07, 6.45) is 10.4. The van der Waals surface area contributed by atoms with Crippen LogP contribution in [0.15, 0.2) is 22.8 Å². The molecule has 0 bridgehead atoms. The van der Waals surface area contributed by atoms with Crippen molar-refractivity contribution >= 4 is 11.6 Å². The van der Waals surface area contributed by atoms with Gasteiger partial charge in [0.1, 0.15) is 5.78 Å².